The van der Waals surface area contributed by atoms with E-state index >= 15 is 0 Å². The maximum atomic E-state index is 11.9. The molecule has 0 aliphatic carbocycles. The first-order valence-corrected chi connectivity index (χ1v) is 7.20. The van der Waals surface area contributed by atoms with E-state index in [0.717, 1.165) is 30.6 Å². The molecule has 20 heavy (non-hydrogen) atoms. The highest BCUT2D eigenvalue weighted by atomic mass is 16.5. The standard InChI is InChI=1S/C15H21N3O2/c1-3-18-13-8-10(4-5-11(13)9-15(18)19)12-6-7-14(20-2)17-16-12/h4-5,8,12,14,16-17H,3,6-7,9H2,1-2H3. The molecule has 2 aliphatic heterocycles. The molecule has 1 aromatic carbocycles. The van der Waals surface area contributed by atoms with Gasteiger partial charge >= 0.3 is 0 Å². The van der Waals surface area contributed by atoms with Crippen molar-refractivity contribution in [2.45, 2.75) is 38.5 Å². The number of methoxy groups -OCH3 is 1. The minimum absolute atomic E-state index is 0.0781. The van der Waals surface area contributed by atoms with Crippen molar-refractivity contribution in [3.05, 3.63) is 29.3 Å². The van der Waals surface area contributed by atoms with Gasteiger partial charge in [-0.3, -0.25) is 4.79 Å². The molecule has 2 atom stereocenters. The minimum Gasteiger partial charge on any atom is -0.365 e. The molecule has 0 bridgehead atoms. The number of nitrogens with zero attached hydrogens (tertiary/aromatic N) is 1. The third-order valence-electron chi connectivity index (χ3n) is 4.18. The normalized spacial score (nSPS) is 25.9. The molecule has 0 radical (unpaired) electrons. The van der Waals surface area contributed by atoms with Gasteiger partial charge in [-0.1, -0.05) is 12.1 Å². The molecule has 1 saturated heterocycles. The predicted molar refractivity (Wildman–Crippen MR) is 77.2 cm³/mol. The first-order valence-electron chi connectivity index (χ1n) is 7.20. The molecule has 3 rings (SSSR count). The maximum Gasteiger partial charge on any atom is 0.231 e. The van der Waals surface area contributed by atoms with E-state index in [1.54, 1.807) is 7.11 Å². The Kier molecular flexibility index (Phi) is 3.74. The van der Waals surface area contributed by atoms with E-state index < -0.39 is 0 Å². The number of carbonyl (C=O) groups excluding carboxylic acids is 1. The Morgan fingerprint density at radius 1 is 1.35 bits per heavy atom. The van der Waals surface area contributed by atoms with Gasteiger partial charge in [0.05, 0.1) is 6.42 Å². The fourth-order valence-electron chi connectivity index (χ4n) is 3.02. The molecule has 2 aliphatic rings. The SMILES string of the molecule is CCN1C(=O)Cc2ccc(C3CCC(OC)NN3)cc21. The van der Waals surface area contributed by atoms with E-state index in [2.05, 4.69) is 29.1 Å². The van der Waals surface area contributed by atoms with Gasteiger partial charge in [-0.2, -0.15) is 0 Å². The van der Waals surface area contributed by atoms with Crippen LogP contribution in [0.15, 0.2) is 18.2 Å². The van der Waals surface area contributed by atoms with Gasteiger partial charge in [-0.25, -0.2) is 10.9 Å². The summed E-state index contributed by atoms with van der Waals surface area (Å²) in [6.07, 6.45) is 2.60. The summed E-state index contributed by atoms with van der Waals surface area (Å²) in [6.45, 7) is 2.75. The number of ether oxygens (including phenoxy) is 1. The largest absolute Gasteiger partial charge is 0.365 e. The summed E-state index contributed by atoms with van der Waals surface area (Å²) in [5, 5.41) is 0. The van der Waals surface area contributed by atoms with Gasteiger partial charge in [0.1, 0.15) is 6.23 Å². The van der Waals surface area contributed by atoms with Crippen LogP contribution in [0.4, 0.5) is 5.69 Å². The van der Waals surface area contributed by atoms with Crippen LogP contribution in [0.1, 0.15) is 36.9 Å². The van der Waals surface area contributed by atoms with Crippen molar-refractivity contribution in [1.82, 2.24) is 10.9 Å². The van der Waals surface area contributed by atoms with E-state index in [1.807, 2.05) is 11.8 Å². The molecule has 2 heterocycles. The van der Waals surface area contributed by atoms with Gasteiger partial charge in [-0.05, 0) is 37.0 Å². The van der Waals surface area contributed by atoms with Crippen LogP contribution in [0, 0.1) is 0 Å². The Hall–Kier alpha value is -1.43. The Balaban J connectivity index is 1.80. The number of fused-ring (bicyclic) bond motifs is 1. The van der Waals surface area contributed by atoms with Crippen molar-refractivity contribution in [3.8, 4) is 0 Å². The summed E-state index contributed by atoms with van der Waals surface area (Å²) in [5.74, 6) is 0.203. The van der Waals surface area contributed by atoms with Crippen LogP contribution in [0.3, 0.4) is 0 Å². The fraction of sp³-hybridized carbons (Fsp3) is 0.533. The molecule has 108 valence electrons. The molecule has 5 nitrogen and oxygen atoms in total. The van der Waals surface area contributed by atoms with Crippen LogP contribution in [-0.2, 0) is 16.0 Å². The van der Waals surface area contributed by atoms with Gasteiger partial charge in [0.2, 0.25) is 5.91 Å². The van der Waals surface area contributed by atoms with Crippen LogP contribution in [0.2, 0.25) is 0 Å². The average molecular weight is 275 g/mol. The molecule has 1 aromatic rings. The lowest BCUT2D eigenvalue weighted by atomic mass is 9.98. The number of hydrogen-bond donors (Lipinski definition) is 2. The van der Waals surface area contributed by atoms with Gasteiger partial charge in [0.15, 0.2) is 0 Å². The molecule has 2 unspecified atom stereocenters. The highest BCUT2D eigenvalue weighted by Crippen LogP contribution is 2.33. The number of hydrazine groups is 1. The van der Waals surface area contributed by atoms with Crippen LogP contribution in [0.5, 0.6) is 0 Å². The summed E-state index contributed by atoms with van der Waals surface area (Å²) >= 11 is 0. The summed E-state index contributed by atoms with van der Waals surface area (Å²) in [6, 6.07) is 6.62. The van der Waals surface area contributed by atoms with E-state index in [-0.39, 0.29) is 18.2 Å². The molecule has 1 amide bonds. The summed E-state index contributed by atoms with van der Waals surface area (Å²) in [7, 11) is 1.71. The molecule has 0 spiro atoms. The first kappa shape index (κ1) is 13.5. The van der Waals surface area contributed by atoms with Crippen molar-refractivity contribution < 1.29 is 9.53 Å². The zero-order chi connectivity index (χ0) is 14.1. The van der Waals surface area contributed by atoms with Crippen LogP contribution in [0.25, 0.3) is 0 Å². The lowest BCUT2D eigenvalue weighted by Gasteiger charge is -2.30. The average Bonchev–Trinajstić information content (AvgIpc) is 2.81. The van der Waals surface area contributed by atoms with Crippen molar-refractivity contribution in [2.24, 2.45) is 0 Å². The van der Waals surface area contributed by atoms with E-state index in [4.69, 9.17) is 4.74 Å². The van der Waals surface area contributed by atoms with Gasteiger partial charge < -0.3 is 9.64 Å². The monoisotopic (exact) mass is 275 g/mol. The second-order valence-corrected chi connectivity index (χ2v) is 5.35. The number of benzene rings is 1. The Bertz CT molecular complexity index is 510. The van der Waals surface area contributed by atoms with Crippen molar-refractivity contribution in [3.63, 3.8) is 0 Å². The highest BCUT2D eigenvalue weighted by Gasteiger charge is 2.28. The zero-order valence-corrected chi connectivity index (χ0v) is 12.0. The fourth-order valence-corrected chi connectivity index (χ4v) is 3.02. The van der Waals surface area contributed by atoms with E-state index in [1.165, 1.54) is 5.56 Å². The molecular formula is C15H21N3O2. The van der Waals surface area contributed by atoms with Crippen molar-refractivity contribution in [1.29, 1.82) is 0 Å². The topological polar surface area (TPSA) is 53.6 Å². The number of carbonyl (C=O) groups is 1. The summed E-state index contributed by atoms with van der Waals surface area (Å²) in [5.41, 5.74) is 9.89. The zero-order valence-electron chi connectivity index (χ0n) is 12.0. The van der Waals surface area contributed by atoms with Crippen molar-refractivity contribution >= 4 is 11.6 Å². The summed E-state index contributed by atoms with van der Waals surface area (Å²) in [4.78, 5) is 13.8. The smallest absolute Gasteiger partial charge is 0.231 e. The molecular weight excluding hydrogens is 254 g/mol. The van der Waals surface area contributed by atoms with Crippen molar-refractivity contribution in [2.75, 3.05) is 18.6 Å². The van der Waals surface area contributed by atoms with Gasteiger partial charge in [0, 0.05) is 25.4 Å². The lowest BCUT2D eigenvalue weighted by molar-refractivity contribution is -0.117. The number of hydrogen-bond acceptors (Lipinski definition) is 4. The maximum absolute atomic E-state index is 11.9. The predicted octanol–water partition coefficient (Wildman–Crippen LogP) is 1.50. The first-order chi connectivity index (χ1) is 9.72. The third-order valence-corrected chi connectivity index (χ3v) is 4.18. The van der Waals surface area contributed by atoms with Gasteiger partial charge in [0.25, 0.3) is 0 Å². The van der Waals surface area contributed by atoms with Crippen LogP contribution < -0.4 is 15.8 Å². The number of anilines is 1. The Labute approximate surface area is 119 Å². The number of nitrogens with one attached hydrogen (secondary N) is 2. The lowest BCUT2D eigenvalue weighted by Crippen LogP contribution is -2.48. The second-order valence-electron chi connectivity index (χ2n) is 5.35. The van der Waals surface area contributed by atoms with Crippen LogP contribution in [-0.4, -0.2) is 25.8 Å². The van der Waals surface area contributed by atoms with Crippen LogP contribution >= 0.6 is 0 Å². The third kappa shape index (κ3) is 2.32. The van der Waals surface area contributed by atoms with Gasteiger partial charge in [-0.15, -0.1) is 0 Å². The quantitative estimate of drug-likeness (QED) is 0.877. The number of amides is 1. The van der Waals surface area contributed by atoms with E-state index in [0.29, 0.717) is 6.42 Å². The molecule has 0 aromatic heterocycles. The molecule has 0 saturated carbocycles. The summed E-state index contributed by atoms with van der Waals surface area (Å²) < 4.78 is 5.27. The molecule has 2 N–H and O–H groups in total. The Morgan fingerprint density at radius 3 is 2.85 bits per heavy atom. The van der Waals surface area contributed by atoms with E-state index in [9.17, 15) is 4.79 Å². The second kappa shape index (κ2) is 5.52. The highest BCUT2D eigenvalue weighted by molar-refractivity contribution is 6.01. The number of likely N-dealkylation sites (N-methyl/N-ethyl adjacent to an activating group) is 1. The number of rotatable bonds is 3. The molecule has 1 fully saturated rings. The Morgan fingerprint density at radius 2 is 2.20 bits per heavy atom. The minimum atomic E-state index is 0.0781. The molecule has 5 heteroatoms.